The van der Waals surface area contributed by atoms with E-state index < -0.39 is 0 Å². The molecule has 21 heavy (non-hydrogen) atoms. The summed E-state index contributed by atoms with van der Waals surface area (Å²) >= 11 is 6.12. The average molecular weight is 305 g/mol. The number of aryl methyl sites for hydroxylation is 2. The van der Waals surface area contributed by atoms with Crippen molar-refractivity contribution in [2.24, 2.45) is 0 Å². The van der Waals surface area contributed by atoms with E-state index in [2.05, 4.69) is 21.8 Å². The van der Waals surface area contributed by atoms with Gasteiger partial charge in [0.2, 0.25) is 0 Å². The van der Waals surface area contributed by atoms with E-state index in [1.165, 1.54) is 15.9 Å². The van der Waals surface area contributed by atoms with E-state index in [1.807, 2.05) is 19.1 Å². The van der Waals surface area contributed by atoms with Gasteiger partial charge in [0.1, 0.15) is 5.02 Å². The highest BCUT2D eigenvalue weighted by Gasteiger charge is 2.11. The largest absolute Gasteiger partial charge is 0.385 e. The summed E-state index contributed by atoms with van der Waals surface area (Å²) in [7, 11) is 0. The lowest BCUT2D eigenvalue weighted by Gasteiger charge is -2.19. The van der Waals surface area contributed by atoms with Crippen LogP contribution in [0.25, 0.3) is 0 Å². The van der Waals surface area contributed by atoms with Crippen LogP contribution in [0.5, 0.6) is 0 Å². The van der Waals surface area contributed by atoms with Crippen molar-refractivity contribution in [2.45, 2.75) is 26.3 Å². The summed E-state index contributed by atoms with van der Waals surface area (Å²) in [6.07, 6.45) is 3.78. The first kappa shape index (κ1) is 13.9. The van der Waals surface area contributed by atoms with Gasteiger partial charge in [0.15, 0.2) is 0 Å². The third kappa shape index (κ3) is 2.74. The van der Waals surface area contributed by atoms with Crippen molar-refractivity contribution in [2.75, 3.05) is 17.2 Å². The molecule has 0 amide bonds. The van der Waals surface area contributed by atoms with Gasteiger partial charge in [0.25, 0.3) is 5.56 Å². The molecule has 110 valence electrons. The molecule has 0 bridgehead atoms. The third-order valence-electron chi connectivity index (χ3n) is 3.61. The predicted molar refractivity (Wildman–Crippen MR) is 85.7 cm³/mol. The van der Waals surface area contributed by atoms with Gasteiger partial charge in [-0.05, 0) is 43.5 Å². The van der Waals surface area contributed by atoms with Gasteiger partial charge in [-0.1, -0.05) is 11.6 Å². The Hall–Kier alpha value is -2.01. The van der Waals surface area contributed by atoms with E-state index in [1.54, 1.807) is 6.20 Å². The van der Waals surface area contributed by atoms with Crippen molar-refractivity contribution < 1.29 is 0 Å². The molecule has 1 aliphatic heterocycles. The zero-order valence-electron chi connectivity index (χ0n) is 11.8. The Bertz CT molecular complexity index is 726. The molecule has 2 heterocycles. The third-order valence-corrected chi connectivity index (χ3v) is 3.97. The number of hydrogen-bond acceptors (Lipinski definition) is 4. The Labute approximate surface area is 127 Å². The molecule has 0 saturated carbocycles. The Morgan fingerprint density at radius 1 is 1.48 bits per heavy atom. The van der Waals surface area contributed by atoms with Crippen molar-refractivity contribution in [1.29, 1.82) is 0 Å². The first-order valence-electron chi connectivity index (χ1n) is 7.08. The van der Waals surface area contributed by atoms with E-state index in [-0.39, 0.29) is 10.6 Å². The van der Waals surface area contributed by atoms with Gasteiger partial charge in [-0.15, -0.1) is 0 Å². The van der Waals surface area contributed by atoms with Crippen molar-refractivity contribution in [3.63, 3.8) is 0 Å². The van der Waals surface area contributed by atoms with Crippen LogP contribution in [0.2, 0.25) is 5.02 Å². The number of anilines is 3. The molecule has 1 aliphatic rings. The monoisotopic (exact) mass is 304 g/mol. The zero-order chi connectivity index (χ0) is 14.8. The molecule has 0 saturated heterocycles. The molecule has 0 fully saturated rings. The highest BCUT2D eigenvalue weighted by Crippen LogP contribution is 2.28. The Morgan fingerprint density at radius 2 is 2.33 bits per heavy atom. The summed E-state index contributed by atoms with van der Waals surface area (Å²) in [6.45, 7) is 3.38. The topological polar surface area (TPSA) is 59.0 Å². The quantitative estimate of drug-likeness (QED) is 0.915. The molecule has 0 unspecified atom stereocenters. The number of halogens is 1. The fourth-order valence-corrected chi connectivity index (χ4v) is 2.68. The molecule has 1 aromatic heterocycles. The SMILES string of the molecule is CCn1ncc(Nc2ccc3c(c2)CCCN3)c(Cl)c1=O. The number of hydrogen-bond donors (Lipinski definition) is 2. The second-order valence-electron chi connectivity index (χ2n) is 5.02. The van der Waals surface area contributed by atoms with Crippen LogP contribution in [0, 0.1) is 0 Å². The molecule has 1 aromatic carbocycles. The molecular weight excluding hydrogens is 288 g/mol. The van der Waals surface area contributed by atoms with E-state index in [0.717, 1.165) is 25.1 Å². The average Bonchev–Trinajstić information content (AvgIpc) is 2.52. The highest BCUT2D eigenvalue weighted by molar-refractivity contribution is 6.33. The molecule has 0 radical (unpaired) electrons. The maximum absolute atomic E-state index is 12.0. The molecular formula is C15H17ClN4O. The smallest absolute Gasteiger partial charge is 0.287 e. The number of nitrogens with zero attached hydrogens (tertiary/aromatic N) is 2. The maximum atomic E-state index is 12.0. The summed E-state index contributed by atoms with van der Waals surface area (Å²) < 4.78 is 1.34. The Morgan fingerprint density at radius 3 is 3.14 bits per heavy atom. The van der Waals surface area contributed by atoms with Gasteiger partial charge in [0, 0.05) is 24.5 Å². The fraction of sp³-hybridized carbons (Fsp3) is 0.333. The molecule has 2 aromatic rings. The van der Waals surface area contributed by atoms with Crippen LogP contribution < -0.4 is 16.2 Å². The van der Waals surface area contributed by atoms with Crippen LogP contribution >= 0.6 is 11.6 Å². The second kappa shape index (κ2) is 5.77. The van der Waals surface area contributed by atoms with Crippen LogP contribution in [0.1, 0.15) is 18.9 Å². The van der Waals surface area contributed by atoms with E-state index in [4.69, 9.17) is 11.6 Å². The van der Waals surface area contributed by atoms with E-state index in [9.17, 15) is 4.79 Å². The summed E-state index contributed by atoms with van der Waals surface area (Å²) in [5.41, 5.74) is 3.63. The van der Waals surface area contributed by atoms with Crippen LogP contribution in [-0.2, 0) is 13.0 Å². The summed E-state index contributed by atoms with van der Waals surface area (Å²) in [6, 6.07) is 6.10. The predicted octanol–water partition coefficient (Wildman–Crippen LogP) is 3.02. The standard InChI is InChI=1S/C15H17ClN4O/c1-2-20-15(21)14(16)13(9-18-20)19-11-5-6-12-10(8-11)4-3-7-17-12/h5-6,8-9,17,19H,2-4,7H2,1H3. The lowest BCUT2D eigenvalue weighted by molar-refractivity contribution is 0.616. The number of fused-ring (bicyclic) bond motifs is 1. The van der Waals surface area contributed by atoms with Crippen molar-refractivity contribution in [1.82, 2.24) is 9.78 Å². The molecule has 6 heteroatoms. The normalized spacial score (nSPS) is 13.4. The van der Waals surface area contributed by atoms with Gasteiger partial charge in [0.05, 0.1) is 11.9 Å². The number of nitrogens with one attached hydrogen (secondary N) is 2. The van der Waals surface area contributed by atoms with Crippen molar-refractivity contribution >= 4 is 28.7 Å². The van der Waals surface area contributed by atoms with E-state index >= 15 is 0 Å². The second-order valence-corrected chi connectivity index (χ2v) is 5.40. The first-order chi connectivity index (χ1) is 10.2. The van der Waals surface area contributed by atoms with Gasteiger partial charge in [-0.2, -0.15) is 5.10 Å². The molecule has 3 rings (SSSR count). The number of aromatic nitrogens is 2. The van der Waals surface area contributed by atoms with Gasteiger partial charge in [-0.25, -0.2) is 4.68 Å². The van der Waals surface area contributed by atoms with Crippen molar-refractivity contribution in [3.05, 3.63) is 45.3 Å². The molecule has 0 aliphatic carbocycles. The minimum Gasteiger partial charge on any atom is -0.385 e. The minimum absolute atomic E-state index is 0.169. The van der Waals surface area contributed by atoms with Gasteiger partial charge in [-0.3, -0.25) is 4.79 Å². The first-order valence-corrected chi connectivity index (χ1v) is 7.46. The van der Waals surface area contributed by atoms with Crippen LogP contribution in [0.4, 0.5) is 17.1 Å². The van der Waals surface area contributed by atoms with Gasteiger partial charge < -0.3 is 10.6 Å². The minimum atomic E-state index is -0.274. The van der Waals surface area contributed by atoms with Crippen LogP contribution in [0.3, 0.4) is 0 Å². The van der Waals surface area contributed by atoms with E-state index in [0.29, 0.717) is 12.2 Å². The van der Waals surface area contributed by atoms with Gasteiger partial charge >= 0.3 is 0 Å². The molecule has 0 spiro atoms. The lowest BCUT2D eigenvalue weighted by Crippen LogP contribution is -2.22. The summed E-state index contributed by atoms with van der Waals surface area (Å²) in [5.74, 6) is 0. The number of benzene rings is 1. The molecule has 2 N–H and O–H groups in total. The summed E-state index contributed by atoms with van der Waals surface area (Å²) in [4.78, 5) is 12.0. The maximum Gasteiger partial charge on any atom is 0.287 e. The van der Waals surface area contributed by atoms with Crippen LogP contribution in [0.15, 0.2) is 29.2 Å². The molecule has 0 atom stereocenters. The Kier molecular flexibility index (Phi) is 3.84. The number of rotatable bonds is 3. The fourth-order valence-electron chi connectivity index (χ4n) is 2.49. The molecule has 5 nitrogen and oxygen atoms in total. The van der Waals surface area contributed by atoms with Crippen LogP contribution in [-0.4, -0.2) is 16.3 Å². The summed E-state index contributed by atoms with van der Waals surface area (Å²) in [5, 5.41) is 10.8. The highest BCUT2D eigenvalue weighted by atomic mass is 35.5. The lowest BCUT2D eigenvalue weighted by atomic mass is 10.0. The zero-order valence-corrected chi connectivity index (χ0v) is 12.6. The Balaban J connectivity index is 1.90. The van der Waals surface area contributed by atoms with Crippen molar-refractivity contribution in [3.8, 4) is 0 Å².